The standard InChI is InChI=1S/C12H14BrClO2/c1-2-16-12-7-9(8-14)3-4-10(12)11(15)5-6-13/h3-4,7H,2,5-6,8H2,1H3. The third kappa shape index (κ3) is 3.49. The molecule has 0 heterocycles. The molecular formula is C12H14BrClO2. The molecular weight excluding hydrogens is 291 g/mol. The van der Waals surface area contributed by atoms with Crippen LogP contribution in [0, 0.1) is 0 Å². The minimum Gasteiger partial charge on any atom is -0.493 e. The summed E-state index contributed by atoms with van der Waals surface area (Å²) in [6.07, 6.45) is 0.473. The van der Waals surface area contributed by atoms with Crippen LogP contribution in [0.1, 0.15) is 29.3 Å². The Balaban J connectivity index is 3.01. The Kier molecular flexibility index (Phi) is 5.85. The molecule has 0 spiro atoms. The molecule has 1 aromatic carbocycles. The number of hydrogen-bond acceptors (Lipinski definition) is 2. The van der Waals surface area contributed by atoms with Gasteiger partial charge >= 0.3 is 0 Å². The molecule has 0 aliphatic heterocycles. The number of ketones is 1. The van der Waals surface area contributed by atoms with Crippen LogP contribution in [0.4, 0.5) is 0 Å². The van der Waals surface area contributed by atoms with Gasteiger partial charge in [0.1, 0.15) is 5.75 Å². The van der Waals surface area contributed by atoms with Crippen molar-refractivity contribution < 1.29 is 9.53 Å². The zero-order valence-corrected chi connectivity index (χ0v) is 11.5. The molecule has 0 radical (unpaired) electrons. The number of carbonyl (C=O) groups is 1. The molecule has 0 amide bonds. The first-order valence-electron chi connectivity index (χ1n) is 5.13. The number of benzene rings is 1. The number of halogens is 2. The molecule has 0 aliphatic carbocycles. The number of carbonyl (C=O) groups excluding carboxylic acids is 1. The Morgan fingerprint density at radius 3 is 2.81 bits per heavy atom. The van der Waals surface area contributed by atoms with E-state index in [0.717, 1.165) is 5.56 Å². The van der Waals surface area contributed by atoms with Crippen LogP contribution < -0.4 is 4.74 Å². The average Bonchev–Trinajstić information content (AvgIpc) is 2.29. The van der Waals surface area contributed by atoms with Crippen molar-refractivity contribution in [2.24, 2.45) is 0 Å². The van der Waals surface area contributed by atoms with Gasteiger partial charge < -0.3 is 4.74 Å². The van der Waals surface area contributed by atoms with E-state index in [0.29, 0.717) is 35.6 Å². The van der Waals surface area contributed by atoms with Gasteiger partial charge in [0.25, 0.3) is 0 Å². The van der Waals surface area contributed by atoms with Gasteiger partial charge in [0.05, 0.1) is 12.2 Å². The minimum absolute atomic E-state index is 0.0847. The maximum Gasteiger partial charge on any atom is 0.167 e. The van der Waals surface area contributed by atoms with Gasteiger partial charge in [-0.1, -0.05) is 22.0 Å². The van der Waals surface area contributed by atoms with E-state index in [1.807, 2.05) is 19.1 Å². The molecule has 88 valence electrons. The highest BCUT2D eigenvalue weighted by Crippen LogP contribution is 2.23. The van der Waals surface area contributed by atoms with Crippen molar-refractivity contribution in [1.82, 2.24) is 0 Å². The monoisotopic (exact) mass is 304 g/mol. The third-order valence-corrected chi connectivity index (χ3v) is 2.83. The summed E-state index contributed by atoms with van der Waals surface area (Å²) in [5, 5.41) is 0.661. The second-order valence-electron chi connectivity index (χ2n) is 3.26. The van der Waals surface area contributed by atoms with Crippen molar-refractivity contribution in [1.29, 1.82) is 0 Å². The summed E-state index contributed by atoms with van der Waals surface area (Å²) in [6.45, 7) is 2.44. The van der Waals surface area contributed by atoms with Crippen molar-refractivity contribution in [2.45, 2.75) is 19.2 Å². The quantitative estimate of drug-likeness (QED) is 0.590. The van der Waals surface area contributed by atoms with Gasteiger partial charge in [-0.2, -0.15) is 0 Å². The van der Waals surface area contributed by atoms with Crippen LogP contribution in [0.3, 0.4) is 0 Å². The van der Waals surface area contributed by atoms with Crippen LogP contribution in [0.2, 0.25) is 0 Å². The van der Waals surface area contributed by atoms with Crippen molar-refractivity contribution in [2.75, 3.05) is 11.9 Å². The zero-order valence-electron chi connectivity index (χ0n) is 9.13. The maximum atomic E-state index is 11.8. The highest BCUT2D eigenvalue weighted by Gasteiger charge is 2.12. The largest absolute Gasteiger partial charge is 0.493 e. The van der Waals surface area contributed by atoms with Crippen LogP contribution in [0.15, 0.2) is 18.2 Å². The summed E-state index contributed by atoms with van der Waals surface area (Å²) >= 11 is 9.00. The first-order chi connectivity index (χ1) is 7.72. The number of hydrogen-bond donors (Lipinski definition) is 0. The lowest BCUT2D eigenvalue weighted by atomic mass is 10.1. The second-order valence-corrected chi connectivity index (χ2v) is 4.32. The number of alkyl halides is 2. The van der Waals surface area contributed by atoms with Crippen LogP contribution >= 0.6 is 27.5 Å². The van der Waals surface area contributed by atoms with Crippen molar-refractivity contribution in [3.63, 3.8) is 0 Å². The van der Waals surface area contributed by atoms with Gasteiger partial charge in [0, 0.05) is 17.6 Å². The predicted molar refractivity (Wildman–Crippen MR) is 69.9 cm³/mol. The molecule has 16 heavy (non-hydrogen) atoms. The lowest BCUT2D eigenvalue weighted by Gasteiger charge is -2.10. The van der Waals surface area contributed by atoms with Crippen LogP contribution in [-0.2, 0) is 5.88 Å². The van der Waals surface area contributed by atoms with E-state index in [9.17, 15) is 4.79 Å². The third-order valence-electron chi connectivity index (χ3n) is 2.12. The summed E-state index contributed by atoms with van der Waals surface area (Å²) in [7, 11) is 0. The van der Waals surface area contributed by atoms with Crippen LogP contribution in [0.25, 0.3) is 0 Å². The predicted octanol–water partition coefficient (Wildman–Crippen LogP) is 3.79. The molecule has 0 N–H and O–H groups in total. The fourth-order valence-corrected chi connectivity index (χ4v) is 1.90. The summed E-state index contributed by atoms with van der Waals surface area (Å²) < 4.78 is 5.45. The molecule has 4 heteroatoms. The lowest BCUT2D eigenvalue weighted by molar-refractivity contribution is 0.0986. The second kappa shape index (κ2) is 6.92. The number of rotatable bonds is 6. The maximum absolute atomic E-state index is 11.8. The normalized spacial score (nSPS) is 10.2. The Morgan fingerprint density at radius 1 is 1.50 bits per heavy atom. The molecule has 0 atom stereocenters. The average molecular weight is 306 g/mol. The fraction of sp³-hybridized carbons (Fsp3) is 0.417. The summed E-state index contributed by atoms with van der Waals surface area (Å²) in [5.74, 6) is 1.14. The van der Waals surface area contributed by atoms with E-state index in [-0.39, 0.29) is 5.78 Å². The van der Waals surface area contributed by atoms with Gasteiger partial charge in [0.15, 0.2) is 5.78 Å². The lowest BCUT2D eigenvalue weighted by Crippen LogP contribution is -2.05. The van der Waals surface area contributed by atoms with Gasteiger partial charge in [-0.05, 0) is 24.6 Å². The molecule has 0 aromatic heterocycles. The highest BCUT2D eigenvalue weighted by molar-refractivity contribution is 9.09. The summed E-state index contributed by atoms with van der Waals surface area (Å²) in [5.41, 5.74) is 1.59. The van der Waals surface area contributed by atoms with Gasteiger partial charge in [-0.25, -0.2) is 0 Å². The first kappa shape index (κ1) is 13.5. The van der Waals surface area contributed by atoms with Crippen molar-refractivity contribution in [3.05, 3.63) is 29.3 Å². The molecule has 0 bridgehead atoms. The summed E-state index contributed by atoms with van der Waals surface area (Å²) in [6, 6.07) is 5.47. The van der Waals surface area contributed by atoms with Crippen molar-refractivity contribution >= 4 is 33.3 Å². The van der Waals surface area contributed by atoms with E-state index < -0.39 is 0 Å². The van der Waals surface area contributed by atoms with Crippen LogP contribution in [-0.4, -0.2) is 17.7 Å². The van der Waals surface area contributed by atoms with E-state index >= 15 is 0 Å². The molecule has 0 saturated carbocycles. The molecule has 1 rings (SSSR count). The zero-order chi connectivity index (χ0) is 12.0. The summed E-state index contributed by atoms with van der Waals surface area (Å²) in [4.78, 5) is 11.8. The molecule has 0 fully saturated rings. The molecule has 2 nitrogen and oxygen atoms in total. The SMILES string of the molecule is CCOc1cc(CCl)ccc1C(=O)CCBr. The van der Waals surface area contributed by atoms with Gasteiger partial charge in [-0.3, -0.25) is 4.79 Å². The Hall–Kier alpha value is -0.540. The Labute approximate surface area is 109 Å². The molecule has 0 saturated heterocycles. The van der Waals surface area contributed by atoms with Crippen LogP contribution in [0.5, 0.6) is 5.75 Å². The van der Waals surface area contributed by atoms with E-state index in [4.69, 9.17) is 16.3 Å². The van der Waals surface area contributed by atoms with E-state index in [1.54, 1.807) is 6.07 Å². The minimum atomic E-state index is 0.0847. The Bertz CT molecular complexity index is 366. The molecule has 0 aliphatic rings. The number of ether oxygens (including phenoxy) is 1. The topological polar surface area (TPSA) is 26.3 Å². The smallest absolute Gasteiger partial charge is 0.167 e. The van der Waals surface area contributed by atoms with E-state index in [1.165, 1.54) is 0 Å². The number of Topliss-reactive ketones (excluding diaryl/α,β-unsaturated/α-hetero) is 1. The van der Waals surface area contributed by atoms with Gasteiger partial charge in [0.2, 0.25) is 0 Å². The highest BCUT2D eigenvalue weighted by atomic mass is 79.9. The fourth-order valence-electron chi connectivity index (χ4n) is 1.38. The molecule has 0 unspecified atom stereocenters. The molecule has 1 aromatic rings. The first-order valence-corrected chi connectivity index (χ1v) is 6.79. The Morgan fingerprint density at radius 2 is 2.25 bits per heavy atom. The van der Waals surface area contributed by atoms with Gasteiger partial charge in [-0.15, -0.1) is 11.6 Å². The van der Waals surface area contributed by atoms with Crippen molar-refractivity contribution in [3.8, 4) is 5.75 Å². The van der Waals surface area contributed by atoms with E-state index in [2.05, 4.69) is 15.9 Å².